The molecule has 0 radical (unpaired) electrons. The van der Waals surface area contributed by atoms with Crippen molar-refractivity contribution in [3.8, 4) is 17.2 Å². The molecule has 1 amide bonds. The third kappa shape index (κ3) is 4.29. The number of nitrogens with one attached hydrogen (secondary N) is 1. The number of hydrogen-bond acceptors (Lipinski definition) is 5. The van der Waals surface area contributed by atoms with Crippen LogP contribution in [0.5, 0.6) is 17.2 Å². The van der Waals surface area contributed by atoms with Gasteiger partial charge in [0.1, 0.15) is 5.75 Å². The minimum absolute atomic E-state index is 0.278. The van der Waals surface area contributed by atoms with Crippen LogP contribution in [0, 0.1) is 0 Å². The van der Waals surface area contributed by atoms with Crippen molar-refractivity contribution in [3.63, 3.8) is 0 Å². The van der Waals surface area contributed by atoms with E-state index in [0.29, 0.717) is 28.6 Å². The maximum Gasteiger partial charge on any atom is 0.265 e. The van der Waals surface area contributed by atoms with Gasteiger partial charge in [-0.2, -0.15) is 0 Å². The summed E-state index contributed by atoms with van der Waals surface area (Å²) in [5.74, 6) is 1.39. The molecule has 3 N–H and O–H groups in total. The summed E-state index contributed by atoms with van der Waals surface area (Å²) in [6, 6.07) is 12.1. The SMILES string of the molecule is COc1ccc(NC(=O)C(C)Oc2cccc(N)c2)cc1OC. The van der Waals surface area contributed by atoms with E-state index in [1.165, 1.54) is 7.11 Å². The third-order valence-electron chi connectivity index (χ3n) is 3.19. The zero-order chi connectivity index (χ0) is 16.8. The third-order valence-corrected chi connectivity index (χ3v) is 3.19. The molecule has 2 aromatic rings. The monoisotopic (exact) mass is 316 g/mol. The molecule has 2 aromatic carbocycles. The van der Waals surface area contributed by atoms with Crippen molar-refractivity contribution in [2.75, 3.05) is 25.3 Å². The van der Waals surface area contributed by atoms with Crippen molar-refractivity contribution in [1.82, 2.24) is 0 Å². The Hall–Kier alpha value is -2.89. The number of rotatable bonds is 6. The smallest absolute Gasteiger partial charge is 0.265 e. The fraction of sp³-hybridized carbons (Fsp3) is 0.235. The Morgan fingerprint density at radius 2 is 1.83 bits per heavy atom. The zero-order valence-electron chi connectivity index (χ0n) is 13.3. The van der Waals surface area contributed by atoms with E-state index in [-0.39, 0.29) is 5.91 Å². The summed E-state index contributed by atoms with van der Waals surface area (Å²) >= 11 is 0. The number of hydrogen-bond donors (Lipinski definition) is 2. The van der Waals surface area contributed by atoms with Crippen LogP contribution in [0.4, 0.5) is 11.4 Å². The molecule has 6 heteroatoms. The van der Waals surface area contributed by atoms with Gasteiger partial charge in [-0.1, -0.05) is 6.07 Å². The van der Waals surface area contributed by atoms with Gasteiger partial charge in [0.05, 0.1) is 14.2 Å². The molecule has 0 aromatic heterocycles. The van der Waals surface area contributed by atoms with Crippen LogP contribution in [0.2, 0.25) is 0 Å². The summed E-state index contributed by atoms with van der Waals surface area (Å²) in [6.07, 6.45) is -0.676. The Kier molecular flexibility index (Phi) is 5.30. The Balaban J connectivity index is 2.03. The van der Waals surface area contributed by atoms with Gasteiger partial charge in [0.15, 0.2) is 17.6 Å². The van der Waals surface area contributed by atoms with E-state index in [2.05, 4.69) is 5.32 Å². The molecule has 0 aliphatic rings. The first-order chi connectivity index (χ1) is 11.0. The number of carbonyl (C=O) groups is 1. The number of ether oxygens (including phenoxy) is 3. The highest BCUT2D eigenvalue weighted by molar-refractivity contribution is 5.94. The van der Waals surface area contributed by atoms with E-state index < -0.39 is 6.10 Å². The Bertz CT molecular complexity index is 688. The Morgan fingerprint density at radius 3 is 2.48 bits per heavy atom. The highest BCUT2D eigenvalue weighted by atomic mass is 16.5. The van der Waals surface area contributed by atoms with Gasteiger partial charge in [0.2, 0.25) is 0 Å². The van der Waals surface area contributed by atoms with Gasteiger partial charge in [-0.15, -0.1) is 0 Å². The number of benzene rings is 2. The Labute approximate surface area is 135 Å². The predicted octanol–water partition coefficient (Wildman–Crippen LogP) is 2.69. The van der Waals surface area contributed by atoms with Gasteiger partial charge in [-0.05, 0) is 31.2 Å². The second-order valence-corrected chi connectivity index (χ2v) is 4.89. The van der Waals surface area contributed by atoms with Crippen LogP contribution in [-0.2, 0) is 4.79 Å². The molecule has 0 heterocycles. The van der Waals surface area contributed by atoms with Crippen molar-refractivity contribution in [1.29, 1.82) is 0 Å². The first-order valence-corrected chi connectivity index (χ1v) is 7.08. The molecule has 1 atom stereocenters. The van der Waals surface area contributed by atoms with Crippen molar-refractivity contribution < 1.29 is 19.0 Å². The summed E-state index contributed by atoms with van der Waals surface area (Å²) in [5, 5.41) is 2.77. The molecule has 23 heavy (non-hydrogen) atoms. The molecule has 122 valence electrons. The van der Waals surface area contributed by atoms with E-state index in [4.69, 9.17) is 19.9 Å². The topological polar surface area (TPSA) is 82.8 Å². The summed E-state index contributed by atoms with van der Waals surface area (Å²) in [6.45, 7) is 1.67. The number of nitrogen functional groups attached to an aromatic ring is 1. The van der Waals surface area contributed by atoms with Crippen LogP contribution in [-0.4, -0.2) is 26.2 Å². The normalized spacial score (nSPS) is 11.4. The van der Waals surface area contributed by atoms with E-state index in [1.807, 2.05) is 0 Å². The molecule has 0 bridgehead atoms. The van der Waals surface area contributed by atoms with E-state index in [1.54, 1.807) is 56.5 Å². The largest absolute Gasteiger partial charge is 0.493 e. The summed E-state index contributed by atoms with van der Waals surface area (Å²) < 4.78 is 15.9. The summed E-state index contributed by atoms with van der Waals surface area (Å²) in [4.78, 5) is 12.2. The van der Waals surface area contributed by atoms with Gasteiger partial charge in [0.25, 0.3) is 5.91 Å². The maximum absolute atomic E-state index is 12.2. The maximum atomic E-state index is 12.2. The lowest BCUT2D eigenvalue weighted by Crippen LogP contribution is -2.30. The predicted molar refractivity (Wildman–Crippen MR) is 89.1 cm³/mol. The standard InChI is InChI=1S/C17H20N2O4/c1-11(23-14-6-4-5-12(18)9-14)17(20)19-13-7-8-15(21-2)16(10-13)22-3/h4-11H,18H2,1-3H3,(H,19,20). The molecule has 0 saturated carbocycles. The first-order valence-electron chi connectivity index (χ1n) is 7.08. The van der Waals surface area contributed by atoms with Gasteiger partial charge in [-0.3, -0.25) is 4.79 Å². The fourth-order valence-electron chi connectivity index (χ4n) is 2.00. The molecular formula is C17H20N2O4. The molecular weight excluding hydrogens is 296 g/mol. The van der Waals surface area contributed by atoms with Crippen LogP contribution in [0.3, 0.4) is 0 Å². The van der Waals surface area contributed by atoms with Crippen LogP contribution in [0.1, 0.15) is 6.92 Å². The second-order valence-electron chi connectivity index (χ2n) is 4.89. The number of amides is 1. The van der Waals surface area contributed by atoms with E-state index in [0.717, 1.165) is 0 Å². The van der Waals surface area contributed by atoms with Gasteiger partial charge >= 0.3 is 0 Å². The fourth-order valence-corrected chi connectivity index (χ4v) is 2.00. The van der Waals surface area contributed by atoms with Crippen molar-refractivity contribution in [3.05, 3.63) is 42.5 Å². The molecule has 0 aliphatic heterocycles. The summed E-state index contributed by atoms with van der Waals surface area (Å²) in [5.41, 5.74) is 6.86. The number of methoxy groups -OCH3 is 2. The second kappa shape index (κ2) is 7.40. The zero-order valence-corrected chi connectivity index (χ0v) is 13.3. The first kappa shape index (κ1) is 16.5. The van der Waals surface area contributed by atoms with Crippen LogP contribution in [0.15, 0.2) is 42.5 Å². The van der Waals surface area contributed by atoms with Gasteiger partial charge in [-0.25, -0.2) is 0 Å². The lowest BCUT2D eigenvalue weighted by atomic mass is 10.2. The average Bonchev–Trinajstić information content (AvgIpc) is 2.54. The molecule has 1 unspecified atom stereocenters. The molecule has 0 spiro atoms. The molecule has 0 saturated heterocycles. The number of anilines is 2. The van der Waals surface area contributed by atoms with Crippen LogP contribution < -0.4 is 25.3 Å². The van der Waals surface area contributed by atoms with Crippen LogP contribution in [0.25, 0.3) is 0 Å². The minimum atomic E-state index is -0.676. The highest BCUT2D eigenvalue weighted by Crippen LogP contribution is 2.29. The van der Waals surface area contributed by atoms with E-state index >= 15 is 0 Å². The van der Waals surface area contributed by atoms with Crippen molar-refractivity contribution in [2.45, 2.75) is 13.0 Å². The molecule has 2 rings (SSSR count). The highest BCUT2D eigenvalue weighted by Gasteiger charge is 2.16. The van der Waals surface area contributed by atoms with Gasteiger partial charge < -0.3 is 25.3 Å². The van der Waals surface area contributed by atoms with E-state index in [9.17, 15) is 4.79 Å². The van der Waals surface area contributed by atoms with Gasteiger partial charge in [0, 0.05) is 23.5 Å². The Morgan fingerprint density at radius 1 is 1.09 bits per heavy atom. The summed E-state index contributed by atoms with van der Waals surface area (Å²) in [7, 11) is 3.09. The van der Waals surface area contributed by atoms with Crippen molar-refractivity contribution in [2.24, 2.45) is 0 Å². The molecule has 6 nitrogen and oxygen atoms in total. The lowest BCUT2D eigenvalue weighted by molar-refractivity contribution is -0.122. The van der Waals surface area contributed by atoms with Crippen LogP contribution >= 0.6 is 0 Å². The van der Waals surface area contributed by atoms with Crippen molar-refractivity contribution >= 4 is 17.3 Å². The minimum Gasteiger partial charge on any atom is -0.493 e. The average molecular weight is 316 g/mol. The number of carbonyl (C=O) groups excluding carboxylic acids is 1. The molecule has 0 fully saturated rings. The lowest BCUT2D eigenvalue weighted by Gasteiger charge is -2.16. The number of nitrogens with two attached hydrogens (primary N) is 1. The molecule has 0 aliphatic carbocycles. The quantitative estimate of drug-likeness (QED) is 0.801.